The van der Waals surface area contributed by atoms with E-state index in [2.05, 4.69) is 11.9 Å². The predicted molar refractivity (Wildman–Crippen MR) is 67.0 cm³/mol. The van der Waals surface area contributed by atoms with Crippen molar-refractivity contribution in [1.29, 1.82) is 0 Å². The molecule has 18 heavy (non-hydrogen) atoms. The summed E-state index contributed by atoms with van der Waals surface area (Å²) in [4.78, 5) is 5.84. The van der Waals surface area contributed by atoms with Crippen LogP contribution < -0.4 is 0 Å². The summed E-state index contributed by atoms with van der Waals surface area (Å²) in [5.74, 6) is -2.38. The van der Waals surface area contributed by atoms with Gasteiger partial charge < -0.3 is 9.80 Å². The largest absolute Gasteiger partial charge is 0.306 e. The molecule has 3 nitrogen and oxygen atoms in total. The molecule has 3 aliphatic rings. The van der Waals surface area contributed by atoms with Crippen LogP contribution in [0.15, 0.2) is 0 Å². The molecule has 3 saturated heterocycles. The number of nitrogens with zero attached hydrogens (tertiary/aromatic N) is 3. The SMILES string of the molecule is CN1CC(F)(F)C1.CN1CC(F)C1.CN1CCC1. The third-order valence-corrected chi connectivity index (χ3v) is 3.10. The van der Waals surface area contributed by atoms with Crippen molar-refractivity contribution < 1.29 is 13.2 Å². The molecule has 3 heterocycles. The van der Waals surface area contributed by atoms with E-state index in [9.17, 15) is 13.2 Å². The van der Waals surface area contributed by atoms with Gasteiger partial charge in [0.15, 0.2) is 0 Å². The van der Waals surface area contributed by atoms with E-state index in [1.165, 1.54) is 19.5 Å². The molecule has 0 bridgehead atoms. The molecule has 0 radical (unpaired) electrons. The molecule has 0 aliphatic carbocycles. The summed E-state index contributed by atoms with van der Waals surface area (Å²) in [6.07, 6.45) is 0.881. The summed E-state index contributed by atoms with van der Waals surface area (Å²) >= 11 is 0. The van der Waals surface area contributed by atoms with Gasteiger partial charge in [0.25, 0.3) is 5.92 Å². The van der Waals surface area contributed by atoms with Crippen LogP contribution in [0.25, 0.3) is 0 Å². The van der Waals surface area contributed by atoms with Crippen molar-refractivity contribution in [2.45, 2.75) is 18.5 Å². The minimum Gasteiger partial charge on any atom is -0.306 e. The summed E-state index contributed by atoms with van der Waals surface area (Å²) in [5.41, 5.74) is 0. The quantitative estimate of drug-likeness (QED) is 0.652. The van der Waals surface area contributed by atoms with Gasteiger partial charge in [0, 0.05) is 13.1 Å². The Bertz CT molecular complexity index is 227. The Hall–Kier alpha value is -0.330. The molecule has 6 heteroatoms. The molecule has 0 amide bonds. The van der Waals surface area contributed by atoms with Crippen LogP contribution in [-0.2, 0) is 0 Å². The van der Waals surface area contributed by atoms with Crippen molar-refractivity contribution in [2.75, 3.05) is 60.4 Å². The second-order valence-electron chi connectivity index (χ2n) is 5.50. The minimum atomic E-state index is -2.38. The van der Waals surface area contributed by atoms with Crippen molar-refractivity contribution in [2.24, 2.45) is 0 Å². The predicted octanol–water partition coefficient (Wildman–Crippen LogP) is 1.16. The maximum atomic E-state index is 11.7. The third kappa shape index (κ3) is 6.02. The van der Waals surface area contributed by atoms with E-state index in [-0.39, 0.29) is 13.1 Å². The van der Waals surface area contributed by atoms with Crippen LogP contribution >= 0.6 is 0 Å². The van der Waals surface area contributed by atoms with Crippen molar-refractivity contribution in [3.05, 3.63) is 0 Å². The van der Waals surface area contributed by atoms with Crippen LogP contribution in [0.2, 0.25) is 0 Å². The van der Waals surface area contributed by atoms with E-state index >= 15 is 0 Å². The standard InChI is InChI=1S/C4H7F2N.C4H8FN.C4H9N/c1-7-2-4(5,6)3-7;1-6-2-4(5)3-6;1-5-3-2-4-5/h2-3H2,1H3;4H,2-3H2,1H3;2-4H2,1H3. The Morgan fingerprint density at radius 1 is 0.889 bits per heavy atom. The first kappa shape index (κ1) is 15.7. The van der Waals surface area contributed by atoms with E-state index in [1.54, 1.807) is 11.9 Å². The van der Waals surface area contributed by atoms with E-state index < -0.39 is 12.1 Å². The molecule has 0 aromatic carbocycles. The second-order valence-corrected chi connectivity index (χ2v) is 5.50. The van der Waals surface area contributed by atoms with Crippen LogP contribution in [0.1, 0.15) is 6.42 Å². The second kappa shape index (κ2) is 6.73. The molecule has 0 aromatic heterocycles. The van der Waals surface area contributed by atoms with E-state index in [0.29, 0.717) is 13.1 Å². The molecule has 0 spiro atoms. The Morgan fingerprint density at radius 3 is 1.33 bits per heavy atom. The van der Waals surface area contributed by atoms with Gasteiger partial charge in [-0.1, -0.05) is 0 Å². The first-order chi connectivity index (χ1) is 8.28. The fourth-order valence-corrected chi connectivity index (χ4v) is 1.84. The number of rotatable bonds is 0. The molecule has 3 fully saturated rings. The maximum absolute atomic E-state index is 11.7. The average molecular weight is 267 g/mol. The summed E-state index contributed by atoms with van der Waals surface area (Å²) in [6.45, 7) is 3.79. The van der Waals surface area contributed by atoms with Crippen molar-refractivity contribution >= 4 is 0 Å². The molecule has 0 saturated carbocycles. The maximum Gasteiger partial charge on any atom is 0.272 e. The molecule has 0 N–H and O–H groups in total. The van der Waals surface area contributed by atoms with Crippen LogP contribution in [-0.4, -0.2) is 87.2 Å². The highest BCUT2D eigenvalue weighted by Gasteiger charge is 2.41. The lowest BCUT2D eigenvalue weighted by molar-refractivity contribution is -0.119. The van der Waals surface area contributed by atoms with Gasteiger partial charge in [-0.25, -0.2) is 13.2 Å². The average Bonchev–Trinajstić information content (AvgIpc) is 2.12. The van der Waals surface area contributed by atoms with Gasteiger partial charge in [0.1, 0.15) is 6.17 Å². The van der Waals surface area contributed by atoms with E-state index in [0.717, 1.165) is 0 Å². The Morgan fingerprint density at radius 2 is 1.33 bits per heavy atom. The molecular formula is C12H24F3N3. The van der Waals surface area contributed by atoms with Gasteiger partial charge >= 0.3 is 0 Å². The molecule has 108 valence electrons. The highest BCUT2D eigenvalue weighted by atomic mass is 19.3. The zero-order chi connectivity index (χ0) is 13.8. The number of halogens is 3. The van der Waals surface area contributed by atoms with Crippen LogP contribution in [0.5, 0.6) is 0 Å². The van der Waals surface area contributed by atoms with Crippen molar-refractivity contribution in [3.8, 4) is 0 Å². The number of hydrogen-bond acceptors (Lipinski definition) is 3. The van der Waals surface area contributed by atoms with Gasteiger partial charge in [0.05, 0.1) is 13.1 Å². The molecule has 3 rings (SSSR count). The number of hydrogen-bond donors (Lipinski definition) is 0. The van der Waals surface area contributed by atoms with E-state index in [4.69, 9.17) is 0 Å². The first-order valence-corrected chi connectivity index (χ1v) is 6.36. The normalized spacial score (nSPS) is 27.7. The lowest BCUT2D eigenvalue weighted by atomic mass is 10.2. The first-order valence-electron chi connectivity index (χ1n) is 6.36. The summed E-state index contributed by atoms with van der Waals surface area (Å²) < 4.78 is 35.2. The van der Waals surface area contributed by atoms with Gasteiger partial charge in [0.2, 0.25) is 0 Å². The Labute approximate surface area is 108 Å². The lowest BCUT2D eigenvalue weighted by Crippen LogP contribution is -2.53. The molecular weight excluding hydrogens is 243 g/mol. The van der Waals surface area contributed by atoms with E-state index in [1.807, 2.05) is 11.9 Å². The third-order valence-electron chi connectivity index (χ3n) is 3.10. The molecule has 0 unspecified atom stereocenters. The fourth-order valence-electron chi connectivity index (χ4n) is 1.84. The number of likely N-dealkylation sites (tertiary alicyclic amines) is 3. The summed E-state index contributed by atoms with van der Waals surface area (Å²) in [5, 5.41) is 0. The van der Waals surface area contributed by atoms with Crippen LogP contribution in [0.3, 0.4) is 0 Å². The van der Waals surface area contributed by atoms with Crippen LogP contribution in [0, 0.1) is 0 Å². The topological polar surface area (TPSA) is 9.72 Å². The highest BCUT2D eigenvalue weighted by molar-refractivity contribution is 4.83. The summed E-state index contributed by atoms with van der Waals surface area (Å²) in [6, 6.07) is 0. The van der Waals surface area contributed by atoms with Gasteiger partial charge in [-0.2, -0.15) is 0 Å². The van der Waals surface area contributed by atoms with Crippen molar-refractivity contribution in [3.63, 3.8) is 0 Å². The van der Waals surface area contributed by atoms with Gasteiger partial charge in [-0.15, -0.1) is 0 Å². The lowest BCUT2D eigenvalue weighted by Gasteiger charge is -2.35. The zero-order valence-corrected chi connectivity index (χ0v) is 11.5. The minimum absolute atomic E-state index is 0.0625. The van der Waals surface area contributed by atoms with Crippen molar-refractivity contribution in [1.82, 2.24) is 14.7 Å². The van der Waals surface area contributed by atoms with Gasteiger partial charge in [-0.3, -0.25) is 4.90 Å². The smallest absolute Gasteiger partial charge is 0.272 e. The van der Waals surface area contributed by atoms with Gasteiger partial charge in [-0.05, 0) is 40.7 Å². The fraction of sp³-hybridized carbons (Fsp3) is 1.00. The van der Waals surface area contributed by atoms with Crippen LogP contribution in [0.4, 0.5) is 13.2 Å². The Kier molecular flexibility index (Phi) is 5.88. The highest BCUT2D eigenvalue weighted by Crippen LogP contribution is 2.24. The molecule has 0 aromatic rings. The number of alkyl halides is 3. The molecule has 0 atom stereocenters. The Balaban J connectivity index is 0.000000137. The zero-order valence-electron chi connectivity index (χ0n) is 11.5. The molecule has 3 aliphatic heterocycles. The monoisotopic (exact) mass is 267 g/mol. The summed E-state index contributed by atoms with van der Waals surface area (Å²) in [7, 11) is 5.73.